The van der Waals surface area contributed by atoms with Gasteiger partial charge in [-0.1, -0.05) is 12.8 Å². The number of carbonyl (C=O) groups is 3. The van der Waals surface area contributed by atoms with Crippen LogP contribution in [0.15, 0.2) is 4.99 Å². The molecule has 1 unspecified atom stereocenters. The van der Waals surface area contributed by atoms with Crippen molar-refractivity contribution in [1.82, 2.24) is 9.80 Å². The number of carbonyl (C=O) groups excluding carboxylic acids is 3. The van der Waals surface area contributed by atoms with Gasteiger partial charge in [0.2, 0.25) is 6.29 Å². The molecular formula is C20H31N3O6S. The number of likely N-dealkylation sites (tertiary alicyclic amines) is 1. The maximum atomic E-state index is 12.8. The smallest absolute Gasteiger partial charge is 0.435 e. The Morgan fingerprint density at radius 3 is 2.53 bits per heavy atom. The molecule has 3 aliphatic heterocycles. The van der Waals surface area contributed by atoms with Gasteiger partial charge in [0.1, 0.15) is 11.4 Å². The van der Waals surface area contributed by atoms with Crippen molar-refractivity contribution in [3.05, 3.63) is 0 Å². The summed E-state index contributed by atoms with van der Waals surface area (Å²) in [4.78, 5) is 45.3. The van der Waals surface area contributed by atoms with Gasteiger partial charge in [-0.2, -0.15) is 0 Å². The van der Waals surface area contributed by atoms with Gasteiger partial charge in [0, 0.05) is 24.8 Å². The molecule has 3 fully saturated rings. The van der Waals surface area contributed by atoms with Crippen LogP contribution in [0.5, 0.6) is 0 Å². The molecule has 0 N–H and O–H groups in total. The molecule has 0 aromatic heterocycles. The first kappa shape index (κ1) is 22.7. The molecule has 3 heterocycles. The number of hydrogen-bond acceptors (Lipinski definition) is 8. The van der Waals surface area contributed by atoms with Crippen LogP contribution in [0.1, 0.15) is 53.4 Å². The van der Waals surface area contributed by atoms with E-state index in [0.717, 1.165) is 25.9 Å². The molecule has 0 radical (unpaired) electrons. The summed E-state index contributed by atoms with van der Waals surface area (Å²) in [6.45, 7) is 8.99. The first-order valence-electron chi connectivity index (χ1n) is 10.6. The van der Waals surface area contributed by atoms with Gasteiger partial charge in [0.25, 0.3) is 5.91 Å². The standard InChI is InChI=1S/C20H31N3O6S/c1-5-27-19(26)29-13(2)28-18(25)15-20(3,4)30-17-14(16(24)23(15)17)21-12-22-10-8-6-7-9-11-22/h12-15,17H,5-11H2,1-4H3/b21-12+/t13?,14-,15+,17-/m1/s1. The lowest BCUT2D eigenvalue weighted by Crippen LogP contribution is -2.65. The van der Waals surface area contributed by atoms with Gasteiger partial charge in [-0.3, -0.25) is 9.79 Å². The number of fused-ring (bicyclic) bond motifs is 1. The van der Waals surface area contributed by atoms with E-state index in [1.807, 2.05) is 13.8 Å². The summed E-state index contributed by atoms with van der Waals surface area (Å²) in [7, 11) is 0. The number of nitrogens with zero attached hydrogens (tertiary/aromatic N) is 3. The first-order chi connectivity index (χ1) is 14.2. The summed E-state index contributed by atoms with van der Waals surface area (Å²) in [6.07, 6.45) is 4.54. The van der Waals surface area contributed by atoms with E-state index in [4.69, 9.17) is 9.47 Å². The van der Waals surface area contributed by atoms with Crippen molar-refractivity contribution in [2.45, 2.75) is 81.9 Å². The van der Waals surface area contributed by atoms with Crippen LogP contribution in [0.4, 0.5) is 4.79 Å². The van der Waals surface area contributed by atoms with E-state index in [0.29, 0.717) is 0 Å². The molecule has 0 aromatic carbocycles. The van der Waals surface area contributed by atoms with E-state index < -0.39 is 35.2 Å². The zero-order valence-corrected chi connectivity index (χ0v) is 18.9. The lowest BCUT2D eigenvalue weighted by molar-refractivity contribution is -0.180. The second-order valence-corrected chi connectivity index (χ2v) is 10.00. The molecule has 30 heavy (non-hydrogen) atoms. The zero-order chi connectivity index (χ0) is 21.9. The fourth-order valence-corrected chi connectivity index (χ4v) is 5.64. The van der Waals surface area contributed by atoms with Crippen molar-refractivity contribution < 1.29 is 28.6 Å². The molecule has 0 aromatic rings. The van der Waals surface area contributed by atoms with Crippen molar-refractivity contribution in [2.75, 3.05) is 19.7 Å². The lowest BCUT2D eigenvalue weighted by Gasteiger charge is -2.42. The summed E-state index contributed by atoms with van der Waals surface area (Å²) >= 11 is 1.55. The normalized spacial score (nSPS) is 29.1. The van der Waals surface area contributed by atoms with Crippen LogP contribution >= 0.6 is 11.8 Å². The highest BCUT2D eigenvalue weighted by molar-refractivity contribution is 8.01. The Kier molecular flexibility index (Phi) is 7.15. The van der Waals surface area contributed by atoms with Gasteiger partial charge in [-0.25, -0.2) is 9.59 Å². The SMILES string of the molecule is CCOC(=O)OC(C)OC(=O)[C@@H]1N2C(=O)[C@@H](/N=C/N3CCCCCC3)[C@H]2SC1(C)C. The molecule has 3 rings (SSSR count). The van der Waals surface area contributed by atoms with Gasteiger partial charge in [-0.15, -0.1) is 11.8 Å². The second-order valence-electron chi connectivity index (χ2n) is 8.22. The van der Waals surface area contributed by atoms with Crippen molar-refractivity contribution >= 4 is 36.1 Å². The fourth-order valence-electron chi connectivity index (χ4n) is 4.03. The maximum Gasteiger partial charge on any atom is 0.511 e. The number of ether oxygens (including phenoxy) is 3. The highest BCUT2D eigenvalue weighted by Gasteiger charge is 2.64. The molecule has 4 atom stereocenters. The van der Waals surface area contributed by atoms with E-state index in [-0.39, 0.29) is 17.9 Å². The van der Waals surface area contributed by atoms with E-state index in [2.05, 4.69) is 14.6 Å². The molecule has 168 valence electrons. The van der Waals surface area contributed by atoms with Crippen LogP contribution in [0, 0.1) is 0 Å². The third kappa shape index (κ3) is 4.84. The number of aliphatic imine (C=N–C) groups is 1. The predicted octanol–water partition coefficient (Wildman–Crippen LogP) is 2.38. The number of β-lactam (4-membered cyclic amide) rings is 1. The minimum Gasteiger partial charge on any atom is -0.435 e. The Balaban J connectivity index is 1.61. The van der Waals surface area contributed by atoms with E-state index in [1.165, 1.54) is 19.8 Å². The molecule has 10 heteroatoms. The zero-order valence-electron chi connectivity index (χ0n) is 18.0. The Morgan fingerprint density at radius 2 is 1.90 bits per heavy atom. The van der Waals surface area contributed by atoms with Gasteiger partial charge in [0.15, 0.2) is 6.04 Å². The molecule has 3 saturated heterocycles. The average Bonchev–Trinajstić information content (AvgIpc) is 2.81. The summed E-state index contributed by atoms with van der Waals surface area (Å²) in [5, 5.41) is -0.199. The summed E-state index contributed by atoms with van der Waals surface area (Å²) in [6, 6.07) is -1.25. The van der Waals surface area contributed by atoms with Crippen molar-refractivity contribution in [1.29, 1.82) is 0 Å². The number of hydrogen-bond donors (Lipinski definition) is 0. The third-order valence-electron chi connectivity index (χ3n) is 5.47. The molecule has 0 saturated carbocycles. The Labute approximate surface area is 181 Å². The summed E-state index contributed by atoms with van der Waals surface area (Å²) in [5.41, 5.74) is 0. The topological polar surface area (TPSA) is 97.7 Å². The summed E-state index contributed by atoms with van der Waals surface area (Å²) < 4.78 is 14.3. The Hall–Kier alpha value is -1.97. The number of esters is 1. The van der Waals surface area contributed by atoms with Gasteiger partial charge < -0.3 is 24.0 Å². The number of thioether (sulfide) groups is 1. The largest absolute Gasteiger partial charge is 0.511 e. The molecule has 9 nitrogen and oxygen atoms in total. The maximum absolute atomic E-state index is 12.8. The quantitative estimate of drug-likeness (QED) is 0.204. The third-order valence-corrected chi connectivity index (χ3v) is 7.03. The minimum atomic E-state index is -1.11. The second kappa shape index (κ2) is 9.45. The van der Waals surface area contributed by atoms with E-state index >= 15 is 0 Å². The molecule has 0 spiro atoms. The van der Waals surface area contributed by atoms with Crippen molar-refractivity contribution in [3.63, 3.8) is 0 Å². The highest BCUT2D eigenvalue weighted by Crippen LogP contribution is 2.52. The monoisotopic (exact) mass is 441 g/mol. The minimum absolute atomic E-state index is 0.162. The van der Waals surface area contributed by atoms with E-state index in [1.54, 1.807) is 29.9 Å². The number of amides is 1. The van der Waals surface area contributed by atoms with Crippen LogP contribution in [0.3, 0.4) is 0 Å². The summed E-state index contributed by atoms with van der Waals surface area (Å²) in [5.74, 6) is -0.778. The highest BCUT2D eigenvalue weighted by atomic mass is 32.2. The first-order valence-corrected chi connectivity index (χ1v) is 11.4. The molecule has 0 bridgehead atoms. The van der Waals surface area contributed by atoms with Gasteiger partial charge in [-0.05, 0) is 33.6 Å². The Bertz CT molecular complexity index is 692. The van der Waals surface area contributed by atoms with Crippen LogP contribution in [0.25, 0.3) is 0 Å². The van der Waals surface area contributed by atoms with Crippen LogP contribution in [0.2, 0.25) is 0 Å². The van der Waals surface area contributed by atoms with Crippen molar-refractivity contribution in [2.24, 2.45) is 4.99 Å². The van der Waals surface area contributed by atoms with Gasteiger partial charge in [0.05, 0.1) is 12.9 Å². The molecular weight excluding hydrogens is 410 g/mol. The predicted molar refractivity (Wildman–Crippen MR) is 112 cm³/mol. The molecule has 3 aliphatic rings. The van der Waals surface area contributed by atoms with Gasteiger partial charge >= 0.3 is 12.1 Å². The van der Waals surface area contributed by atoms with Crippen molar-refractivity contribution in [3.8, 4) is 0 Å². The molecule has 0 aliphatic carbocycles. The lowest BCUT2D eigenvalue weighted by atomic mass is 9.96. The van der Waals surface area contributed by atoms with Crippen LogP contribution < -0.4 is 0 Å². The fraction of sp³-hybridized carbons (Fsp3) is 0.800. The Morgan fingerprint density at radius 1 is 1.23 bits per heavy atom. The van der Waals surface area contributed by atoms with E-state index in [9.17, 15) is 14.4 Å². The van der Waals surface area contributed by atoms with Crippen LogP contribution in [-0.2, 0) is 23.8 Å². The molecule has 1 amide bonds. The number of rotatable bonds is 6. The average molecular weight is 442 g/mol. The van der Waals surface area contributed by atoms with Crippen LogP contribution in [-0.4, -0.2) is 82.4 Å².